The molecule has 1 aliphatic heterocycles. The number of nitrogens with two attached hydrogens (primary N) is 1. The Bertz CT molecular complexity index is 416. The highest BCUT2D eigenvalue weighted by Crippen LogP contribution is 2.21. The van der Waals surface area contributed by atoms with Crippen molar-refractivity contribution in [2.24, 2.45) is 5.73 Å². The van der Waals surface area contributed by atoms with Crippen molar-refractivity contribution in [1.82, 2.24) is 4.90 Å². The zero-order chi connectivity index (χ0) is 13.1. The van der Waals surface area contributed by atoms with Gasteiger partial charge in [-0.05, 0) is 24.1 Å². The maximum Gasteiger partial charge on any atom is 0.263 e. The number of rotatable bonds is 4. The molecule has 0 spiro atoms. The molecule has 4 heteroatoms. The average Bonchev–Trinajstić information content (AvgIpc) is 2.71. The van der Waals surface area contributed by atoms with Crippen LogP contribution < -0.4 is 10.5 Å². The summed E-state index contributed by atoms with van der Waals surface area (Å²) in [7, 11) is 1.80. The summed E-state index contributed by atoms with van der Waals surface area (Å²) in [6, 6.07) is 7.77. The van der Waals surface area contributed by atoms with Gasteiger partial charge in [0.1, 0.15) is 5.75 Å². The lowest BCUT2D eigenvalue weighted by Gasteiger charge is -2.14. The fraction of sp³-hybridized carbons (Fsp3) is 0.500. The molecule has 1 aromatic carbocycles. The zero-order valence-electron chi connectivity index (χ0n) is 10.9. The van der Waals surface area contributed by atoms with Crippen molar-refractivity contribution in [1.29, 1.82) is 0 Å². The van der Waals surface area contributed by atoms with Gasteiger partial charge in [-0.2, -0.15) is 0 Å². The molecular formula is C14H20N2O2. The topological polar surface area (TPSA) is 55.6 Å². The summed E-state index contributed by atoms with van der Waals surface area (Å²) >= 11 is 0. The van der Waals surface area contributed by atoms with Crippen LogP contribution in [0.3, 0.4) is 0 Å². The first-order chi connectivity index (χ1) is 8.61. The second kappa shape index (κ2) is 5.40. The molecule has 1 amide bonds. The van der Waals surface area contributed by atoms with Gasteiger partial charge < -0.3 is 15.4 Å². The van der Waals surface area contributed by atoms with Crippen molar-refractivity contribution in [2.45, 2.75) is 31.9 Å². The van der Waals surface area contributed by atoms with E-state index in [4.69, 9.17) is 10.5 Å². The van der Waals surface area contributed by atoms with Crippen molar-refractivity contribution in [2.75, 3.05) is 13.6 Å². The highest BCUT2D eigenvalue weighted by atomic mass is 16.5. The van der Waals surface area contributed by atoms with Crippen LogP contribution in [0.2, 0.25) is 0 Å². The lowest BCUT2D eigenvalue weighted by molar-refractivity contribution is -0.132. The van der Waals surface area contributed by atoms with Crippen LogP contribution in [0.25, 0.3) is 0 Å². The third-order valence-corrected chi connectivity index (χ3v) is 3.40. The number of likely N-dealkylation sites (N-methyl/N-ethyl adjacent to an activating group) is 1. The predicted molar refractivity (Wildman–Crippen MR) is 70.3 cm³/mol. The maximum absolute atomic E-state index is 11.7. The molecule has 1 fully saturated rings. The summed E-state index contributed by atoms with van der Waals surface area (Å²) in [5.74, 6) is 0.792. The van der Waals surface area contributed by atoms with Crippen molar-refractivity contribution in [3.63, 3.8) is 0 Å². The largest absolute Gasteiger partial charge is 0.481 e. The number of nitrogens with zero attached hydrogens (tertiary/aromatic N) is 1. The summed E-state index contributed by atoms with van der Waals surface area (Å²) in [5, 5.41) is 0. The molecule has 0 aromatic heterocycles. The highest BCUT2D eigenvalue weighted by molar-refractivity contribution is 5.83. The van der Waals surface area contributed by atoms with Crippen molar-refractivity contribution >= 4 is 5.91 Å². The summed E-state index contributed by atoms with van der Waals surface area (Å²) in [5.41, 5.74) is 7.04. The van der Waals surface area contributed by atoms with E-state index in [0.29, 0.717) is 0 Å². The van der Waals surface area contributed by atoms with E-state index in [1.807, 2.05) is 24.3 Å². The SMILES string of the molecule is CC[C@H](N)c1ccc(OC2CCN(C)C2=O)cc1. The first-order valence-electron chi connectivity index (χ1n) is 6.39. The highest BCUT2D eigenvalue weighted by Gasteiger charge is 2.30. The average molecular weight is 248 g/mol. The van der Waals surface area contributed by atoms with Gasteiger partial charge in [-0.3, -0.25) is 4.79 Å². The van der Waals surface area contributed by atoms with Crippen LogP contribution in [-0.2, 0) is 4.79 Å². The standard InChI is InChI=1S/C14H20N2O2/c1-3-12(15)10-4-6-11(7-5-10)18-13-8-9-16(2)14(13)17/h4-7,12-13H,3,8-9,15H2,1-2H3/t12-,13?/m0/s1. The van der Waals surface area contributed by atoms with Gasteiger partial charge in [0.05, 0.1) is 0 Å². The van der Waals surface area contributed by atoms with Gasteiger partial charge in [0.25, 0.3) is 5.91 Å². The molecule has 18 heavy (non-hydrogen) atoms. The Kier molecular flexibility index (Phi) is 3.87. The van der Waals surface area contributed by atoms with Crippen molar-refractivity contribution < 1.29 is 9.53 Å². The van der Waals surface area contributed by atoms with Crippen LogP contribution in [0, 0.1) is 0 Å². The van der Waals surface area contributed by atoms with Crippen molar-refractivity contribution in [3.8, 4) is 5.75 Å². The number of hydrogen-bond acceptors (Lipinski definition) is 3. The summed E-state index contributed by atoms with van der Waals surface area (Å²) in [6.07, 6.45) is 1.33. The molecule has 0 saturated carbocycles. The normalized spacial score (nSPS) is 21.2. The third kappa shape index (κ3) is 2.64. The van der Waals surface area contributed by atoms with E-state index in [1.165, 1.54) is 0 Å². The molecule has 2 atom stereocenters. The fourth-order valence-corrected chi connectivity index (χ4v) is 2.09. The molecule has 0 aliphatic carbocycles. The number of ether oxygens (including phenoxy) is 1. The molecule has 1 aromatic rings. The van der Waals surface area contributed by atoms with E-state index in [2.05, 4.69) is 6.92 Å². The minimum atomic E-state index is -0.333. The molecule has 4 nitrogen and oxygen atoms in total. The minimum absolute atomic E-state index is 0.0596. The molecule has 98 valence electrons. The van der Waals surface area contributed by atoms with Gasteiger partial charge in [0.15, 0.2) is 6.10 Å². The fourth-order valence-electron chi connectivity index (χ4n) is 2.09. The lowest BCUT2D eigenvalue weighted by atomic mass is 10.1. The van der Waals surface area contributed by atoms with Crippen LogP contribution >= 0.6 is 0 Å². The Balaban J connectivity index is 2.00. The maximum atomic E-state index is 11.7. The van der Waals surface area contributed by atoms with E-state index in [0.717, 1.165) is 30.7 Å². The van der Waals surface area contributed by atoms with E-state index in [9.17, 15) is 4.79 Å². The van der Waals surface area contributed by atoms with Gasteiger partial charge in [-0.1, -0.05) is 19.1 Å². The molecule has 2 N–H and O–H groups in total. The minimum Gasteiger partial charge on any atom is -0.481 e. The summed E-state index contributed by atoms with van der Waals surface area (Å²) < 4.78 is 5.69. The van der Waals surface area contributed by atoms with E-state index in [1.54, 1.807) is 11.9 Å². The third-order valence-electron chi connectivity index (χ3n) is 3.40. The van der Waals surface area contributed by atoms with Gasteiger partial charge in [0.2, 0.25) is 0 Å². The number of benzene rings is 1. The molecule has 1 aliphatic rings. The van der Waals surface area contributed by atoms with Gasteiger partial charge in [0, 0.05) is 26.1 Å². The second-order valence-electron chi connectivity index (χ2n) is 4.74. The van der Waals surface area contributed by atoms with E-state index >= 15 is 0 Å². The van der Waals surface area contributed by atoms with Gasteiger partial charge in [-0.25, -0.2) is 0 Å². The van der Waals surface area contributed by atoms with Crippen LogP contribution in [0.5, 0.6) is 5.75 Å². The number of hydrogen-bond donors (Lipinski definition) is 1. The van der Waals surface area contributed by atoms with Crippen LogP contribution in [0.4, 0.5) is 0 Å². The number of likely N-dealkylation sites (tertiary alicyclic amines) is 1. The quantitative estimate of drug-likeness (QED) is 0.882. The zero-order valence-corrected chi connectivity index (χ0v) is 10.9. The Morgan fingerprint density at radius 3 is 2.61 bits per heavy atom. The monoisotopic (exact) mass is 248 g/mol. The number of carbonyl (C=O) groups is 1. The Morgan fingerprint density at radius 2 is 2.11 bits per heavy atom. The Labute approximate surface area is 108 Å². The molecule has 1 unspecified atom stereocenters. The molecular weight excluding hydrogens is 228 g/mol. The van der Waals surface area contributed by atoms with Gasteiger partial charge in [-0.15, -0.1) is 0 Å². The summed E-state index contributed by atoms with van der Waals surface area (Å²) in [4.78, 5) is 13.4. The second-order valence-corrected chi connectivity index (χ2v) is 4.74. The van der Waals surface area contributed by atoms with Crippen LogP contribution in [0.15, 0.2) is 24.3 Å². The molecule has 0 radical (unpaired) electrons. The van der Waals surface area contributed by atoms with Crippen LogP contribution in [-0.4, -0.2) is 30.5 Å². The summed E-state index contributed by atoms with van der Waals surface area (Å²) in [6.45, 7) is 2.82. The number of carbonyl (C=O) groups excluding carboxylic acids is 1. The molecule has 0 bridgehead atoms. The van der Waals surface area contributed by atoms with Gasteiger partial charge >= 0.3 is 0 Å². The Hall–Kier alpha value is -1.55. The molecule has 1 heterocycles. The first kappa shape index (κ1) is 12.9. The number of amides is 1. The first-order valence-corrected chi connectivity index (χ1v) is 6.39. The smallest absolute Gasteiger partial charge is 0.263 e. The van der Waals surface area contributed by atoms with E-state index in [-0.39, 0.29) is 18.1 Å². The van der Waals surface area contributed by atoms with E-state index < -0.39 is 0 Å². The van der Waals surface area contributed by atoms with Crippen molar-refractivity contribution in [3.05, 3.63) is 29.8 Å². The Morgan fingerprint density at radius 1 is 1.44 bits per heavy atom. The lowest BCUT2D eigenvalue weighted by Crippen LogP contribution is -2.29. The van der Waals surface area contributed by atoms with Crippen LogP contribution in [0.1, 0.15) is 31.4 Å². The molecule has 1 saturated heterocycles. The predicted octanol–water partition coefficient (Wildman–Crippen LogP) is 1.71. The molecule has 2 rings (SSSR count).